The summed E-state index contributed by atoms with van der Waals surface area (Å²) in [5.74, 6) is 1.68. The molecule has 1 fully saturated rings. The smallest absolute Gasteiger partial charge is 0.236 e. The Morgan fingerprint density at radius 3 is 2.48 bits per heavy atom. The highest BCUT2D eigenvalue weighted by Gasteiger charge is 2.23. The highest BCUT2D eigenvalue weighted by Crippen LogP contribution is 2.33. The van der Waals surface area contributed by atoms with E-state index in [1.165, 1.54) is 31.2 Å². The molecule has 126 valence electrons. The Labute approximate surface area is 137 Å². The number of rotatable bonds is 5. The average molecular weight is 318 g/mol. The maximum Gasteiger partial charge on any atom is 0.236 e. The van der Waals surface area contributed by atoms with Gasteiger partial charge in [0.15, 0.2) is 11.5 Å². The molecule has 1 aliphatic carbocycles. The molecular formula is C18H26N2O3. The van der Waals surface area contributed by atoms with Gasteiger partial charge in [-0.3, -0.25) is 4.79 Å². The van der Waals surface area contributed by atoms with E-state index >= 15 is 0 Å². The van der Waals surface area contributed by atoms with Gasteiger partial charge in [0.05, 0.1) is 20.8 Å². The predicted octanol–water partition coefficient (Wildman–Crippen LogP) is 2.12. The second-order valence-corrected chi connectivity index (χ2v) is 6.40. The maximum atomic E-state index is 12.4. The molecule has 0 atom stereocenters. The molecule has 1 aromatic rings. The summed E-state index contributed by atoms with van der Waals surface area (Å²) in [4.78, 5) is 14.4. The highest BCUT2D eigenvalue weighted by atomic mass is 16.5. The molecule has 0 aromatic heterocycles. The molecule has 0 spiro atoms. The van der Waals surface area contributed by atoms with Crippen molar-refractivity contribution < 1.29 is 14.3 Å². The normalized spacial score (nSPS) is 17.9. The fraction of sp³-hybridized carbons (Fsp3) is 0.611. The van der Waals surface area contributed by atoms with E-state index in [4.69, 9.17) is 9.47 Å². The van der Waals surface area contributed by atoms with Gasteiger partial charge in [-0.1, -0.05) is 12.8 Å². The first-order valence-electron chi connectivity index (χ1n) is 8.46. The van der Waals surface area contributed by atoms with E-state index in [1.54, 1.807) is 14.2 Å². The van der Waals surface area contributed by atoms with Crippen LogP contribution in [0.2, 0.25) is 0 Å². The molecule has 3 rings (SSSR count). The summed E-state index contributed by atoms with van der Waals surface area (Å²) in [5, 5.41) is 3.41. The first-order valence-corrected chi connectivity index (χ1v) is 8.46. The van der Waals surface area contributed by atoms with Crippen LogP contribution in [-0.4, -0.2) is 44.2 Å². The number of nitrogens with one attached hydrogen (secondary N) is 1. The molecule has 0 bridgehead atoms. The van der Waals surface area contributed by atoms with Crippen LogP contribution >= 0.6 is 0 Å². The van der Waals surface area contributed by atoms with Crippen molar-refractivity contribution in [1.82, 2.24) is 10.2 Å². The Morgan fingerprint density at radius 2 is 1.83 bits per heavy atom. The number of carbonyl (C=O) groups is 1. The number of amides is 1. The lowest BCUT2D eigenvalue weighted by atomic mass is 9.98. The molecule has 5 nitrogen and oxygen atoms in total. The first kappa shape index (κ1) is 16.1. The topological polar surface area (TPSA) is 50.8 Å². The fourth-order valence-corrected chi connectivity index (χ4v) is 3.57. The number of hydrogen-bond acceptors (Lipinski definition) is 4. The lowest BCUT2D eigenvalue weighted by Gasteiger charge is -2.30. The molecule has 2 aliphatic rings. The number of fused-ring (bicyclic) bond motifs is 1. The van der Waals surface area contributed by atoms with Crippen molar-refractivity contribution in [3.05, 3.63) is 23.3 Å². The largest absolute Gasteiger partial charge is 0.493 e. The molecule has 0 saturated heterocycles. The van der Waals surface area contributed by atoms with Crippen LogP contribution < -0.4 is 14.8 Å². The number of ether oxygens (including phenoxy) is 2. The molecule has 1 aliphatic heterocycles. The van der Waals surface area contributed by atoms with Crippen molar-refractivity contribution in [2.75, 3.05) is 27.3 Å². The van der Waals surface area contributed by atoms with Crippen LogP contribution in [0.3, 0.4) is 0 Å². The summed E-state index contributed by atoms with van der Waals surface area (Å²) in [6.07, 6.45) is 5.83. The SMILES string of the molecule is COc1cc2c(cc1OC)CN(C(=O)CNC1CCCC1)CC2. The third kappa shape index (κ3) is 3.61. The zero-order valence-electron chi connectivity index (χ0n) is 14.1. The Morgan fingerprint density at radius 1 is 1.17 bits per heavy atom. The van der Waals surface area contributed by atoms with E-state index in [9.17, 15) is 4.79 Å². The Kier molecular flexibility index (Phi) is 5.06. The molecule has 1 aromatic carbocycles. The zero-order valence-corrected chi connectivity index (χ0v) is 14.1. The van der Waals surface area contributed by atoms with Crippen molar-refractivity contribution in [3.63, 3.8) is 0 Å². The van der Waals surface area contributed by atoms with Crippen LogP contribution in [0.1, 0.15) is 36.8 Å². The summed E-state index contributed by atoms with van der Waals surface area (Å²) in [5.41, 5.74) is 2.40. The summed E-state index contributed by atoms with van der Waals surface area (Å²) in [7, 11) is 3.29. The van der Waals surface area contributed by atoms with Crippen molar-refractivity contribution in [1.29, 1.82) is 0 Å². The lowest BCUT2D eigenvalue weighted by molar-refractivity contribution is -0.131. The standard InChI is InChI=1S/C18H26N2O3/c1-22-16-9-13-7-8-20(12-14(13)10-17(16)23-2)18(21)11-19-15-5-3-4-6-15/h9-10,15,19H,3-8,11-12H2,1-2H3. The molecule has 1 saturated carbocycles. The number of nitrogens with zero attached hydrogens (tertiary/aromatic N) is 1. The Balaban J connectivity index is 1.63. The van der Waals surface area contributed by atoms with Gasteiger partial charge in [-0.15, -0.1) is 0 Å². The van der Waals surface area contributed by atoms with Crippen molar-refractivity contribution in [2.45, 2.75) is 44.7 Å². The van der Waals surface area contributed by atoms with Gasteiger partial charge in [0.25, 0.3) is 0 Å². The van der Waals surface area contributed by atoms with Gasteiger partial charge in [-0.25, -0.2) is 0 Å². The van der Waals surface area contributed by atoms with Gasteiger partial charge in [0, 0.05) is 19.1 Å². The minimum atomic E-state index is 0.192. The maximum absolute atomic E-state index is 12.4. The molecule has 0 radical (unpaired) electrons. The Bertz CT molecular complexity index is 568. The summed E-state index contributed by atoms with van der Waals surface area (Å²) in [6, 6.07) is 4.56. The predicted molar refractivity (Wildman–Crippen MR) is 88.9 cm³/mol. The number of hydrogen-bond donors (Lipinski definition) is 1. The van der Waals surface area contributed by atoms with Crippen LogP contribution in [0.5, 0.6) is 11.5 Å². The lowest BCUT2D eigenvalue weighted by Crippen LogP contribution is -2.43. The van der Waals surface area contributed by atoms with E-state index in [0.29, 0.717) is 19.1 Å². The van der Waals surface area contributed by atoms with Gasteiger partial charge in [0.1, 0.15) is 0 Å². The Hall–Kier alpha value is -1.75. The van der Waals surface area contributed by atoms with E-state index in [1.807, 2.05) is 17.0 Å². The van der Waals surface area contributed by atoms with Gasteiger partial charge in [-0.05, 0) is 42.5 Å². The van der Waals surface area contributed by atoms with Crippen LogP contribution in [0.25, 0.3) is 0 Å². The van der Waals surface area contributed by atoms with E-state index in [-0.39, 0.29) is 5.91 Å². The average Bonchev–Trinajstić information content (AvgIpc) is 3.11. The fourth-order valence-electron chi connectivity index (χ4n) is 3.57. The number of carbonyl (C=O) groups excluding carboxylic acids is 1. The second kappa shape index (κ2) is 7.21. The van der Waals surface area contributed by atoms with E-state index in [2.05, 4.69) is 5.32 Å². The monoisotopic (exact) mass is 318 g/mol. The molecule has 1 N–H and O–H groups in total. The molecule has 5 heteroatoms. The summed E-state index contributed by atoms with van der Waals surface area (Å²) in [6.45, 7) is 1.88. The van der Waals surface area contributed by atoms with Crippen LogP contribution in [0, 0.1) is 0 Å². The van der Waals surface area contributed by atoms with Crippen LogP contribution in [0.4, 0.5) is 0 Å². The molecule has 23 heavy (non-hydrogen) atoms. The molecule has 0 unspecified atom stereocenters. The summed E-state index contributed by atoms with van der Waals surface area (Å²) < 4.78 is 10.7. The van der Waals surface area contributed by atoms with Gasteiger partial charge < -0.3 is 19.7 Å². The van der Waals surface area contributed by atoms with Crippen molar-refractivity contribution >= 4 is 5.91 Å². The molecule has 1 heterocycles. The second-order valence-electron chi connectivity index (χ2n) is 6.40. The van der Waals surface area contributed by atoms with Gasteiger partial charge >= 0.3 is 0 Å². The van der Waals surface area contributed by atoms with Crippen LogP contribution in [0.15, 0.2) is 12.1 Å². The van der Waals surface area contributed by atoms with Gasteiger partial charge in [0.2, 0.25) is 5.91 Å². The van der Waals surface area contributed by atoms with E-state index in [0.717, 1.165) is 30.0 Å². The highest BCUT2D eigenvalue weighted by molar-refractivity contribution is 5.78. The third-order valence-corrected chi connectivity index (χ3v) is 4.97. The summed E-state index contributed by atoms with van der Waals surface area (Å²) >= 11 is 0. The minimum absolute atomic E-state index is 0.192. The van der Waals surface area contributed by atoms with Crippen molar-refractivity contribution in [3.8, 4) is 11.5 Å². The molecular weight excluding hydrogens is 292 g/mol. The van der Waals surface area contributed by atoms with Crippen molar-refractivity contribution in [2.24, 2.45) is 0 Å². The quantitative estimate of drug-likeness (QED) is 0.903. The molecule has 1 amide bonds. The first-order chi connectivity index (χ1) is 11.2. The third-order valence-electron chi connectivity index (χ3n) is 4.97. The number of benzene rings is 1. The minimum Gasteiger partial charge on any atom is -0.493 e. The van der Waals surface area contributed by atoms with Gasteiger partial charge in [-0.2, -0.15) is 0 Å². The van der Waals surface area contributed by atoms with E-state index < -0.39 is 0 Å². The van der Waals surface area contributed by atoms with Crippen LogP contribution in [-0.2, 0) is 17.8 Å². The zero-order chi connectivity index (χ0) is 16.2. The number of methoxy groups -OCH3 is 2.